The van der Waals surface area contributed by atoms with Gasteiger partial charge in [-0.25, -0.2) is 0 Å². The van der Waals surface area contributed by atoms with Crippen LogP contribution in [0, 0.1) is 0 Å². The Balaban J connectivity index is 2.76. The molecule has 0 aliphatic carbocycles. The van der Waals surface area contributed by atoms with Gasteiger partial charge in [-0.2, -0.15) is 13.2 Å². The maximum Gasteiger partial charge on any atom is 0.445 e. The van der Waals surface area contributed by atoms with Crippen LogP contribution in [0.1, 0.15) is 25.3 Å². The zero-order valence-electron chi connectivity index (χ0n) is 9.00. The van der Waals surface area contributed by atoms with Gasteiger partial charge in [-0.3, -0.25) is 4.79 Å². The van der Waals surface area contributed by atoms with Crippen LogP contribution < -0.4 is 5.32 Å². The Morgan fingerprint density at radius 1 is 1.41 bits per heavy atom. The molecular weight excluding hydrogens is 259 g/mol. The number of carboxylic acid groups (broad SMARTS) is 1. The number of hydrogen-bond donors (Lipinski definition) is 2. The number of anilines is 1. The van der Waals surface area contributed by atoms with E-state index >= 15 is 0 Å². The third-order valence-corrected chi connectivity index (χ3v) is 2.59. The van der Waals surface area contributed by atoms with E-state index in [9.17, 15) is 18.0 Å². The second-order valence-electron chi connectivity index (χ2n) is 3.99. The quantitative estimate of drug-likeness (QED) is 0.876. The van der Waals surface area contributed by atoms with Gasteiger partial charge in [-0.05, 0) is 13.8 Å². The zero-order chi connectivity index (χ0) is 13.3. The molecule has 0 aliphatic rings. The largest absolute Gasteiger partial charge is 0.481 e. The molecule has 2 N–H and O–H groups in total. The molecule has 1 heterocycles. The van der Waals surface area contributed by atoms with Gasteiger partial charge in [0, 0.05) is 5.54 Å². The highest BCUT2D eigenvalue weighted by molar-refractivity contribution is 7.15. The van der Waals surface area contributed by atoms with Crippen LogP contribution in [0.2, 0.25) is 0 Å². The molecule has 0 fully saturated rings. The smallest absolute Gasteiger partial charge is 0.445 e. The van der Waals surface area contributed by atoms with E-state index in [0.717, 1.165) is 0 Å². The van der Waals surface area contributed by atoms with Crippen LogP contribution in [0.3, 0.4) is 0 Å². The minimum absolute atomic E-state index is 0.0522. The SMILES string of the molecule is CC(C)(CC(=O)O)Nc1nnc(C(F)(F)F)s1. The van der Waals surface area contributed by atoms with Gasteiger partial charge in [0.25, 0.3) is 0 Å². The van der Waals surface area contributed by atoms with Gasteiger partial charge < -0.3 is 10.4 Å². The molecule has 0 saturated heterocycles. The molecule has 17 heavy (non-hydrogen) atoms. The van der Waals surface area contributed by atoms with Crippen molar-refractivity contribution in [2.45, 2.75) is 32.0 Å². The molecule has 0 spiro atoms. The summed E-state index contributed by atoms with van der Waals surface area (Å²) >= 11 is 0.343. The Morgan fingerprint density at radius 3 is 2.41 bits per heavy atom. The summed E-state index contributed by atoms with van der Waals surface area (Å²) in [5, 5.41) is 16.4. The van der Waals surface area contributed by atoms with Gasteiger partial charge in [-0.15, -0.1) is 10.2 Å². The number of hydrogen-bond acceptors (Lipinski definition) is 5. The average molecular weight is 269 g/mol. The molecule has 96 valence electrons. The molecule has 0 saturated carbocycles. The first-order valence-electron chi connectivity index (χ1n) is 4.51. The van der Waals surface area contributed by atoms with E-state index in [1.54, 1.807) is 13.8 Å². The molecule has 0 unspecified atom stereocenters. The van der Waals surface area contributed by atoms with Crippen LogP contribution in [-0.2, 0) is 11.0 Å². The highest BCUT2D eigenvalue weighted by Crippen LogP contribution is 2.33. The van der Waals surface area contributed by atoms with Crippen molar-refractivity contribution < 1.29 is 23.1 Å². The molecule has 0 atom stereocenters. The molecular formula is C8H10F3N3O2S. The third kappa shape index (κ3) is 4.17. The van der Waals surface area contributed by atoms with Gasteiger partial charge in [-0.1, -0.05) is 11.3 Å². The summed E-state index contributed by atoms with van der Waals surface area (Å²) in [6.45, 7) is 3.10. The fraction of sp³-hybridized carbons (Fsp3) is 0.625. The summed E-state index contributed by atoms with van der Waals surface area (Å²) in [6, 6.07) is 0. The molecule has 1 aromatic rings. The number of alkyl halides is 3. The number of halogens is 3. The first-order valence-corrected chi connectivity index (χ1v) is 5.32. The summed E-state index contributed by atoms with van der Waals surface area (Å²) < 4.78 is 36.7. The number of carboxylic acids is 1. The molecule has 5 nitrogen and oxygen atoms in total. The second kappa shape index (κ2) is 4.47. The van der Waals surface area contributed by atoms with E-state index in [1.807, 2.05) is 0 Å². The summed E-state index contributed by atoms with van der Waals surface area (Å²) in [5.41, 5.74) is -0.895. The normalized spacial score (nSPS) is 12.5. The molecule has 0 bridgehead atoms. The van der Waals surface area contributed by atoms with Crippen molar-refractivity contribution in [1.82, 2.24) is 10.2 Å². The van der Waals surface area contributed by atoms with Crippen LogP contribution in [0.5, 0.6) is 0 Å². The van der Waals surface area contributed by atoms with Crippen molar-refractivity contribution in [2.75, 3.05) is 5.32 Å². The molecule has 1 aromatic heterocycles. The molecule has 9 heteroatoms. The maximum atomic E-state index is 12.2. The predicted octanol–water partition coefficient (Wildman–Crippen LogP) is 2.22. The monoisotopic (exact) mass is 269 g/mol. The zero-order valence-corrected chi connectivity index (χ0v) is 9.82. The fourth-order valence-corrected chi connectivity index (χ4v) is 1.89. The first kappa shape index (κ1) is 13.7. The van der Waals surface area contributed by atoms with E-state index in [1.165, 1.54) is 0 Å². The third-order valence-electron chi connectivity index (χ3n) is 1.71. The van der Waals surface area contributed by atoms with Gasteiger partial charge in [0.2, 0.25) is 10.1 Å². The highest BCUT2D eigenvalue weighted by atomic mass is 32.1. The van der Waals surface area contributed by atoms with Crippen LogP contribution in [0.4, 0.5) is 18.3 Å². The Bertz CT molecular complexity index is 416. The topological polar surface area (TPSA) is 75.1 Å². The molecule has 0 aliphatic heterocycles. The van der Waals surface area contributed by atoms with Crippen molar-refractivity contribution >= 4 is 22.4 Å². The Kier molecular flexibility index (Phi) is 3.60. The lowest BCUT2D eigenvalue weighted by atomic mass is 10.0. The van der Waals surface area contributed by atoms with Crippen molar-refractivity contribution in [3.8, 4) is 0 Å². The highest BCUT2D eigenvalue weighted by Gasteiger charge is 2.36. The van der Waals surface area contributed by atoms with Gasteiger partial charge in [0.15, 0.2) is 0 Å². The summed E-state index contributed by atoms with van der Waals surface area (Å²) in [5.74, 6) is -1.05. The average Bonchev–Trinajstić information content (AvgIpc) is 2.47. The Labute approximate surface area is 98.7 Å². The van der Waals surface area contributed by atoms with Gasteiger partial charge in [0.1, 0.15) is 0 Å². The maximum absolute atomic E-state index is 12.2. The number of nitrogens with zero attached hydrogens (tertiary/aromatic N) is 2. The lowest BCUT2D eigenvalue weighted by Gasteiger charge is -2.23. The second-order valence-corrected chi connectivity index (χ2v) is 4.97. The van der Waals surface area contributed by atoms with Crippen LogP contribution in [0.15, 0.2) is 0 Å². The minimum atomic E-state index is -4.53. The number of aromatic nitrogens is 2. The molecule has 1 rings (SSSR count). The van der Waals surface area contributed by atoms with Crippen LogP contribution in [-0.4, -0.2) is 26.8 Å². The summed E-state index contributed by atoms with van der Waals surface area (Å²) in [6.07, 6.45) is -4.78. The van der Waals surface area contributed by atoms with E-state index in [-0.39, 0.29) is 11.6 Å². The van der Waals surface area contributed by atoms with Crippen molar-refractivity contribution in [3.63, 3.8) is 0 Å². The molecule has 0 radical (unpaired) electrons. The van der Waals surface area contributed by atoms with Crippen LogP contribution >= 0.6 is 11.3 Å². The summed E-state index contributed by atoms with van der Waals surface area (Å²) in [4.78, 5) is 10.5. The number of carbonyl (C=O) groups is 1. The number of nitrogens with one attached hydrogen (secondary N) is 1. The van der Waals surface area contributed by atoms with Crippen molar-refractivity contribution in [1.29, 1.82) is 0 Å². The summed E-state index contributed by atoms with van der Waals surface area (Å²) in [7, 11) is 0. The van der Waals surface area contributed by atoms with E-state index < -0.39 is 22.7 Å². The standard InChI is InChI=1S/C8H10F3N3O2S/c1-7(2,3-4(15)16)12-6-14-13-5(17-6)8(9,10)11/h3H2,1-2H3,(H,12,14)(H,15,16). The van der Waals surface area contributed by atoms with Gasteiger partial charge >= 0.3 is 12.1 Å². The van der Waals surface area contributed by atoms with Crippen molar-refractivity contribution in [3.05, 3.63) is 5.01 Å². The molecule has 0 amide bonds. The Morgan fingerprint density at radius 2 is 2.00 bits per heavy atom. The van der Waals surface area contributed by atoms with E-state index in [4.69, 9.17) is 5.11 Å². The van der Waals surface area contributed by atoms with Crippen LogP contribution in [0.25, 0.3) is 0 Å². The predicted molar refractivity (Wildman–Crippen MR) is 54.9 cm³/mol. The van der Waals surface area contributed by atoms with E-state index in [2.05, 4.69) is 15.5 Å². The lowest BCUT2D eigenvalue weighted by molar-refractivity contribution is -0.138. The number of rotatable bonds is 4. The fourth-order valence-electron chi connectivity index (χ4n) is 1.10. The van der Waals surface area contributed by atoms with Crippen molar-refractivity contribution in [2.24, 2.45) is 0 Å². The Hall–Kier alpha value is -1.38. The molecule has 0 aromatic carbocycles. The number of aliphatic carboxylic acids is 1. The van der Waals surface area contributed by atoms with Gasteiger partial charge in [0.05, 0.1) is 6.42 Å². The van der Waals surface area contributed by atoms with E-state index in [0.29, 0.717) is 11.3 Å². The first-order chi connectivity index (χ1) is 7.60. The minimum Gasteiger partial charge on any atom is -0.481 e. The lowest BCUT2D eigenvalue weighted by Crippen LogP contribution is -2.33.